The fourth-order valence-electron chi connectivity index (χ4n) is 4.84. The van der Waals surface area contributed by atoms with Crippen molar-refractivity contribution in [2.45, 2.75) is 25.8 Å². The van der Waals surface area contributed by atoms with Gasteiger partial charge in [0.25, 0.3) is 11.5 Å². The first-order valence-electron chi connectivity index (χ1n) is 13.3. The SMILES string of the molecule is COc1ccc(-n2ncc(Oc3ccc4c(c3)CCC4)c(Nc3cccc(C(=O)NCc4ccco4)c3)c2=O)cc1. The van der Waals surface area contributed by atoms with Crippen LogP contribution < -0.4 is 25.7 Å². The van der Waals surface area contributed by atoms with E-state index in [4.69, 9.17) is 13.9 Å². The van der Waals surface area contributed by atoms with Gasteiger partial charge in [-0.15, -0.1) is 0 Å². The Kier molecular flexibility index (Phi) is 7.23. The number of ether oxygens (including phenoxy) is 2. The second kappa shape index (κ2) is 11.4. The molecule has 6 rings (SSSR count). The van der Waals surface area contributed by atoms with E-state index >= 15 is 0 Å². The zero-order chi connectivity index (χ0) is 28.2. The predicted molar refractivity (Wildman–Crippen MR) is 155 cm³/mol. The van der Waals surface area contributed by atoms with Gasteiger partial charge in [-0.25, -0.2) is 0 Å². The summed E-state index contributed by atoms with van der Waals surface area (Å²) in [5.41, 5.74) is 3.88. The molecule has 9 heteroatoms. The van der Waals surface area contributed by atoms with Gasteiger partial charge in [0.05, 0.1) is 31.8 Å². The first-order valence-corrected chi connectivity index (χ1v) is 13.3. The van der Waals surface area contributed by atoms with Crippen molar-refractivity contribution in [2.75, 3.05) is 12.4 Å². The van der Waals surface area contributed by atoms with Gasteiger partial charge in [-0.3, -0.25) is 9.59 Å². The molecule has 0 saturated carbocycles. The Morgan fingerprint density at radius 2 is 1.80 bits per heavy atom. The summed E-state index contributed by atoms with van der Waals surface area (Å²) in [6, 6.07) is 23.5. The Morgan fingerprint density at radius 3 is 2.61 bits per heavy atom. The van der Waals surface area contributed by atoms with Crippen LogP contribution in [0, 0.1) is 0 Å². The van der Waals surface area contributed by atoms with Crippen molar-refractivity contribution in [3.8, 4) is 22.9 Å². The molecule has 9 nitrogen and oxygen atoms in total. The lowest BCUT2D eigenvalue weighted by Gasteiger charge is -2.15. The highest BCUT2D eigenvalue weighted by molar-refractivity contribution is 5.95. The molecule has 1 aliphatic rings. The molecule has 3 aromatic carbocycles. The lowest BCUT2D eigenvalue weighted by Crippen LogP contribution is -2.24. The van der Waals surface area contributed by atoms with E-state index in [1.54, 1.807) is 74.0 Å². The van der Waals surface area contributed by atoms with Crippen molar-refractivity contribution in [3.63, 3.8) is 0 Å². The van der Waals surface area contributed by atoms with E-state index in [1.807, 2.05) is 12.1 Å². The molecular weight excluding hydrogens is 520 g/mol. The summed E-state index contributed by atoms with van der Waals surface area (Å²) in [7, 11) is 1.58. The Morgan fingerprint density at radius 1 is 0.976 bits per heavy atom. The number of amides is 1. The van der Waals surface area contributed by atoms with E-state index in [0.29, 0.717) is 34.2 Å². The highest BCUT2D eigenvalue weighted by atomic mass is 16.5. The first kappa shape index (κ1) is 25.9. The number of carbonyl (C=O) groups excluding carboxylic acids is 1. The number of nitrogens with one attached hydrogen (secondary N) is 2. The van der Waals surface area contributed by atoms with E-state index in [1.165, 1.54) is 22.0 Å². The number of hydrogen-bond donors (Lipinski definition) is 2. The Labute approximate surface area is 236 Å². The maximum atomic E-state index is 13.8. The number of furan rings is 1. The van der Waals surface area contributed by atoms with Crippen molar-refractivity contribution in [1.29, 1.82) is 0 Å². The molecule has 0 atom stereocenters. The highest BCUT2D eigenvalue weighted by Crippen LogP contribution is 2.32. The number of nitrogens with zero attached hydrogens (tertiary/aromatic N) is 2. The molecule has 2 N–H and O–H groups in total. The Hall–Kier alpha value is -5.31. The smallest absolute Gasteiger partial charge is 0.299 e. The van der Waals surface area contributed by atoms with Crippen molar-refractivity contribution >= 4 is 17.3 Å². The van der Waals surface area contributed by atoms with Crippen LogP contribution >= 0.6 is 0 Å². The van der Waals surface area contributed by atoms with E-state index in [0.717, 1.165) is 19.3 Å². The Bertz CT molecular complexity index is 1740. The second-order valence-electron chi connectivity index (χ2n) is 9.65. The summed E-state index contributed by atoms with van der Waals surface area (Å²) < 4.78 is 18.1. The largest absolute Gasteiger partial charge is 0.497 e. The van der Waals surface area contributed by atoms with Gasteiger partial charge >= 0.3 is 0 Å². The summed E-state index contributed by atoms with van der Waals surface area (Å²) >= 11 is 0. The zero-order valence-corrected chi connectivity index (χ0v) is 22.4. The van der Waals surface area contributed by atoms with Gasteiger partial charge in [-0.1, -0.05) is 12.1 Å². The number of methoxy groups -OCH3 is 1. The number of anilines is 2. The van der Waals surface area contributed by atoms with E-state index < -0.39 is 5.56 Å². The number of benzene rings is 3. The average Bonchev–Trinajstić information content (AvgIpc) is 3.70. The van der Waals surface area contributed by atoms with Crippen LogP contribution in [0.4, 0.5) is 11.4 Å². The van der Waals surface area contributed by atoms with E-state index in [9.17, 15) is 9.59 Å². The Balaban J connectivity index is 1.33. The van der Waals surface area contributed by atoms with Crippen molar-refractivity contribution in [2.24, 2.45) is 0 Å². The molecule has 0 spiro atoms. The van der Waals surface area contributed by atoms with Crippen molar-refractivity contribution in [3.05, 3.63) is 124 Å². The summed E-state index contributed by atoms with van der Waals surface area (Å²) in [4.78, 5) is 26.6. The molecule has 0 bridgehead atoms. The summed E-state index contributed by atoms with van der Waals surface area (Å²) in [6.45, 7) is 0.263. The van der Waals surface area contributed by atoms with Crippen LogP contribution in [-0.4, -0.2) is 22.8 Å². The van der Waals surface area contributed by atoms with Crippen LogP contribution in [0.25, 0.3) is 5.69 Å². The van der Waals surface area contributed by atoms with Crippen LogP contribution in [0.1, 0.15) is 33.7 Å². The van der Waals surface area contributed by atoms with Crippen LogP contribution in [0.15, 0.2) is 101 Å². The standard InChI is InChI=1S/C32H28N4O5/c1-39-26-14-11-25(12-15-26)36-32(38)30(29(20-34-36)41-27-13-10-21-5-2-6-22(21)18-27)35-24-8-3-7-23(17-24)31(37)33-19-28-9-4-16-40-28/h3-4,7-18,20,35H,2,5-6,19H2,1H3,(H,33,37). The number of hydrogen-bond acceptors (Lipinski definition) is 7. The zero-order valence-electron chi connectivity index (χ0n) is 22.4. The maximum absolute atomic E-state index is 13.8. The van der Waals surface area contributed by atoms with Crippen LogP contribution in [0.2, 0.25) is 0 Å². The maximum Gasteiger partial charge on any atom is 0.299 e. The number of carbonyl (C=O) groups is 1. The molecular formula is C32H28N4O5. The average molecular weight is 549 g/mol. The third-order valence-corrected chi connectivity index (χ3v) is 6.96. The number of rotatable bonds is 9. The lowest BCUT2D eigenvalue weighted by molar-refractivity contribution is 0.0948. The minimum atomic E-state index is -0.415. The molecule has 0 aliphatic heterocycles. The van der Waals surface area contributed by atoms with Gasteiger partial charge < -0.3 is 24.5 Å². The second-order valence-corrected chi connectivity index (χ2v) is 9.65. The molecule has 2 heterocycles. The van der Waals surface area contributed by atoms with E-state index in [-0.39, 0.29) is 23.9 Å². The van der Waals surface area contributed by atoms with Gasteiger partial charge in [-0.2, -0.15) is 9.78 Å². The number of fused-ring (bicyclic) bond motifs is 1. The molecule has 0 fully saturated rings. The number of aryl methyl sites for hydroxylation is 2. The molecule has 41 heavy (non-hydrogen) atoms. The molecule has 5 aromatic rings. The molecule has 0 unspecified atom stereocenters. The van der Waals surface area contributed by atoms with Crippen molar-refractivity contribution < 1.29 is 18.7 Å². The van der Waals surface area contributed by atoms with Gasteiger partial charge in [0.2, 0.25) is 0 Å². The van der Waals surface area contributed by atoms with E-state index in [2.05, 4.69) is 21.8 Å². The highest BCUT2D eigenvalue weighted by Gasteiger charge is 2.18. The van der Waals surface area contributed by atoms with Gasteiger partial charge in [0.15, 0.2) is 11.4 Å². The van der Waals surface area contributed by atoms with Crippen LogP contribution in [0.5, 0.6) is 17.2 Å². The summed E-state index contributed by atoms with van der Waals surface area (Å²) in [6.07, 6.45) is 6.26. The van der Waals surface area contributed by atoms with Crippen LogP contribution in [0.3, 0.4) is 0 Å². The minimum absolute atomic E-state index is 0.185. The third kappa shape index (κ3) is 5.69. The number of aromatic nitrogens is 2. The normalized spacial score (nSPS) is 12.0. The monoisotopic (exact) mass is 548 g/mol. The predicted octanol–water partition coefficient (Wildman–Crippen LogP) is 5.79. The van der Waals surface area contributed by atoms with Gasteiger partial charge in [0, 0.05) is 11.3 Å². The molecule has 1 amide bonds. The topological polar surface area (TPSA) is 108 Å². The minimum Gasteiger partial charge on any atom is -0.497 e. The summed E-state index contributed by atoms with van der Waals surface area (Å²) in [5.74, 6) is 1.94. The lowest BCUT2D eigenvalue weighted by atomic mass is 10.1. The van der Waals surface area contributed by atoms with Gasteiger partial charge in [0.1, 0.15) is 17.3 Å². The summed E-state index contributed by atoms with van der Waals surface area (Å²) in [5, 5.41) is 10.4. The first-order chi connectivity index (χ1) is 20.1. The molecule has 206 valence electrons. The third-order valence-electron chi connectivity index (χ3n) is 6.96. The molecule has 0 radical (unpaired) electrons. The fraction of sp³-hybridized carbons (Fsp3) is 0.156. The fourth-order valence-corrected chi connectivity index (χ4v) is 4.84. The van der Waals surface area contributed by atoms with Crippen LogP contribution in [-0.2, 0) is 19.4 Å². The molecule has 2 aromatic heterocycles. The molecule has 0 saturated heterocycles. The van der Waals surface area contributed by atoms with Crippen molar-refractivity contribution in [1.82, 2.24) is 15.1 Å². The molecule has 1 aliphatic carbocycles. The van der Waals surface area contributed by atoms with Gasteiger partial charge in [-0.05, 0) is 97.1 Å². The quantitative estimate of drug-likeness (QED) is 0.240.